The zero-order valence-electron chi connectivity index (χ0n) is 9.92. The molecule has 0 aliphatic carbocycles. The molecule has 1 nitrogen and oxygen atoms in total. The molecule has 1 unspecified atom stereocenters. The SMILES string of the molecule is CCCNC(C)c1cccc(SCC)c1. The quantitative estimate of drug-likeness (QED) is 0.735. The summed E-state index contributed by atoms with van der Waals surface area (Å²) in [5.41, 5.74) is 1.39. The van der Waals surface area contributed by atoms with Crippen LogP contribution in [0.3, 0.4) is 0 Å². The lowest BCUT2D eigenvalue weighted by Gasteiger charge is -2.14. The molecule has 1 N–H and O–H groups in total. The van der Waals surface area contributed by atoms with E-state index < -0.39 is 0 Å². The van der Waals surface area contributed by atoms with Gasteiger partial charge in [-0.25, -0.2) is 0 Å². The first kappa shape index (κ1) is 12.6. The van der Waals surface area contributed by atoms with Crippen LogP contribution in [0, 0.1) is 0 Å². The van der Waals surface area contributed by atoms with Crippen LogP contribution in [0.2, 0.25) is 0 Å². The van der Waals surface area contributed by atoms with Crippen LogP contribution in [-0.2, 0) is 0 Å². The third kappa shape index (κ3) is 4.27. The molecular formula is C13H21NS. The summed E-state index contributed by atoms with van der Waals surface area (Å²) < 4.78 is 0. The molecule has 84 valence electrons. The maximum absolute atomic E-state index is 3.51. The van der Waals surface area contributed by atoms with Gasteiger partial charge < -0.3 is 5.32 Å². The van der Waals surface area contributed by atoms with Crippen molar-refractivity contribution in [3.05, 3.63) is 29.8 Å². The van der Waals surface area contributed by atoms with E-state index in [4.69, 9.17) is 0 Å². The molecule has 0 radical (unpaired) electrons. The van der Waals surface area contributed by atoms with E-state index in [0.717, 1.165) is 12.3 Å². The Hall–Kier alpha value is -0.470. The summed E-state index contributed by atoms with van der Waals surface area (Å²) in [7, 11) is 0. The molecule has 0 saturated heterocycles. The van der Waals surface area contributed by atoms with Gasteiger partial charge in [0.25, 0.3) is 0 Å². The molecule has 1 aromatic carbocycles. The Labute approximate surface area is 97.7 Å². The molecule has 2 heteroatoms. The molecule has 0 spiro atoms. The van der Waals surface area contributed by atoms with E-state index in [9.17, 15) is 0 Å². The zero-order valence-corrected chi connectivity index (χ0v) is 10.7. The Morgan fingerprint density at radius 1 is 1.33 bits per heavy atom. The summed E-state index contributed by atoms with van der Waals surface area (Å²) in [5, 5.41) is 3.51. The smallest absolute Gasteiger partial charge is 0.0292 e. The third-order valence-electron chi connectivity index (χ3n) is 2.37. The zero-order chi connectivity index (χ0) is 11.1. The monoisotopic (exact) mass is 223 g/mol. The molecule has 0 bridgehead atoms. The van der Waals surface area contributed by atoms with E-state index >= 15 is 0 Å². The van der Waals surface area contributed by atoms with E-state index in [-0.39, 0.29) is 0 Å². The second-order valence-electron chi connectivity index (χ2n) is 3.68. The van der Waals surface area contributed by atoms with Crippen molar-refractivity contribution in [2.75, 3.05) is 12.3 Å². The predicted molar refractivity (Wildman–Crippen MR) is 69.5 cm³/mol. The van der Waals surface area contributed by atoms with Gasteiger partial charge in [-0.1, -0.05) is 26.0 Å². The normalized spacial score (nSPS) is 12.7. The third-order valence-corrected chi connectivity index (χ3v) is 3.25. The minimum atomic E-state index is 0.461. The second-order valence-corrected chi connectivity index (χ2v) is 5.02. The summed E-state index contributed by atoms with van der Waals surface area (Å²) >= 11 is 1.90. The Kier molecular flexibility index (Phi) is 5.81. The lowest BCUT2D eigenvalue weighted by atomic mass is 10.1. The van der Waals surface area contributed by atoms with Gasteiger partial charge >= 0.3 is 0 Å². The van der Waals surface area contributed by atoms with E-state index in [1.54, 1.807) is 0 Å². The highest BCUT2D eigenvalue weighted by Gasteiger charge is 2.04. The van der Waals surface area contributed by atoms with Gasteiger partial charge in [0.05, 0.1) is 0 Å². The van der Waals surface area contributed by atoms with Crippen LogP contribution in [0.15, 0.2) is 29.2 Å². The molecule has 0 heterocycles. The van der Waals surface area contributed by atoms with Gasteiger partial charge in [-0.2, -0.15) is 0 Å². The number of nitrogens with one attached hydrogen (secondary N) is 1. The van der Waals surface area contributed by atoms with Gasteiger partial charge in [-0.05, 0) is 43.3 Å². The van der Waals surface area contributed by atoms with E-state index in [2.05, 4.69) is 50.4 Å². The largest absolute Gasteiger partial charge is 0.310 e. The fourth-order valence-electron chi connectivity index (χ4n) is 1.52. The van der Waals surface area contributed by atoms with Gasteiger partial charge in [-0.15, -0.1) is 11.8 Å². The fraction of sp³-hybridized carbons (Fsp3) is 0.538. The van der Waals surface area contributed by atoms with Crippen LogP contribution >= 0.6 is 11.8 Å². The Morgan fingerprint density at radius 2 is 2.13 bits per heavy atom. The van der Waals surface area contributed by atoms with Crippen molar-refractivity contribution >= 4 is 11.8 Å². The first-order valence-electron chi connectivity index (χ1n) is 5.74. The fourth-order valence-corrected chi connectivity index (χ4v) is 2.25. The molecule has 15 heavy (non-hydrogen) atoms. The van der Waals surface area contributed by atoms with Crippen LogP contribution in [-0.4, -0.2) is 12.3 Å². The predicted octanol–water partition coefficient (Wildman–Crippen LogP) is 3.86. The minimum absolute atomic E-state index is 0.461. The van der Waals surface area contributed by atoms with Crippen molar-refractivity contribution in [1.29, 1.82) is 0 Å². The summed E-state index contributed by atoms with van der Waals surface area (Å²) in [4.78, 5) is 1.38. The average Bonchev–Trinajstić information content (AvgIpc) is 2.27. The van der Waals surface area contributed by atoms with Crippen molar-refractivity contribution in [2.24, 2.45) is 0 Å². The summed E-state index contributed by atoms with van der Waals surface area (Å²) in [6.45, 7) is 7.71. The van der Waals surface area contributed by atoms with Crippen molar-refractivity contribution in [2.45, 2.75) is 38.1 Å². The number of thioether (sulfide) groups is 1. The first-order valence-corrected chi connectivity index (χ1v) is 6.72. The minimum Gasteiger partial charge on any atom is -0.310 e. The van der Waals surface area contributed by atoms with Gasteiger partial charge in [0, 0.05) is 10.9 Å². The van der Waals surface area contributed by atoms with Crippen LogP contribution in [0.5, 0.6) is 0 Å². The molecule has 1 rings (SSSR count). The standard InChI is InChI=1S/C13H21NS/c1-4-9-14-11(3)12-7-6-8-13(10-12)15-5-2/h6-8,10-11,14H,4-5,9H2,1-3H3. The van der Waals surface area contributed by atoms with Crippen LogP contribution in [0.1, 0.15) is 38.8 Å². The maximum atomic E-state index is 3.51. The van der Waals surface area contributed by atoms with Crippen molar-refractivity contribution in [1.82, 2.24) is 5.32 Å². The highest BCUT2D eigenvalue weighted by molar-refractivity contribution is 7.99. The summed E-state index contributed by atoms with van der Waals surface area (Å²) in [6.07, 6.45) is 1.19. The Balaban J connectivity index is 2.62. The average molecular weight is 223 g/mol. The number of rotatable bonds is 6. The molecule has 0 aliphatic rings. The lowest BCUT2D eigenvalue weighted by molar-refractivity contribution is 0.570. The molecule has 1 aromatic rings. The van der Waals surface area contributed by atoms with Crippen molar-refractivity contribution < 1.29 is 0 Å². The molecule has 0 saturated carbocycles. The first-order chi connectivity index (χ1) is 7.27. The van der Waals surface area contributed by atoms with Gasteiger partial charge in [0.2, 0.25) is 0 Å². The lowest BCUT2D eigenvalue weighted by Crippen LogP contribution is -2.19. The number of hydrogen-bond donors (Lipinski definition) is 1. The van der Waals surface area contributed by atoms with Gasteiger partial charge in [0.1, 0.15) is 0 Å². The second kappa shape index (κ2) is 6.91. The van der Waals surface area contributed by atoms with Crippen molar-refractivity contribution in [3.63, 3.8) is 0 Å². The van der Waals surface area contributed by atoms with Gasteiger partial charge in [-0.3, -0.25) is 0 Å². The van der Waals surface area contributed by atoms with Crippen LogP contribution in [0.25, 0.3) is 0 Å². The molecule has 0 amide bonds. The highest BCUT2D eigenvalue weighted by atomic mass is 32.2. The van der Waals surface area contributed by atoms with Crippen LogP contribution < -0.4 is 5.32 Å². The van der Waals surface area contributed by atoms with Crippen LogP contribution in [0.4, 0.5) is 0 Å². The Bertz CT molecular complexity index is 286. The summed E-state index contributed by atoms with van der Waals surface area (Å²) in [6, 6.07) is 9.29. The molecule has 0 aliphatic heterocycles. The molecule has 0 fully saturated rings. The number of hydrogen-bond acceptors (Lipinski definition) is 2. The van der Waals surface area contributed by atoms with E-state index in [1.165, 1.54) is 16.9 Å². The molecule has 0 aromatic heterocycles. The molecule has 1 atom stereocenters. The van der Waals surface area contributed by atoms with E-state index in [0.29, 0.717) is 6.04 Å². The maximum Gasteiger partial charge on any atom is 0.0292 e. The number of benzene rings is 1. The Morgan fingerprint density at radius 3 is 2.80 bits per heavy atom. The van der Waals surface area contributed by atoms with Crippen molar-refractivity contribution in [3.8, 4) is 0 Å². The summed E-state index contributed by atoms with van der Waals surface area (Å²) in [5.74, 6) is 1.14. The van der Waals surface area contributed by atoms with Gasteiger partial charge in [0.15, 0.2) is 0 Å². The molecular weight excluding hydrogens is 202 g/mol. The van der Waals surface area contributed by atoms with E-state index in [1.807, 2.05) is 11.8 Å². The topological polar surface area (TPSA) is 12.0 Å². The highest BCUT2D eigenvalue weighted by Crippen LogP contribution is 2.21.